The van der Waals surface area contributed by atoms with Crippen LogP contribution >= 0.6 is 15.9 Å². The molecule has 0 N–H and O–H groups in total. The monoisotopic (exact) mass is 329 g/mol. The molecule has 1 amide bonds. The van der Waals surface area contributed by atoms with Gasteiger partial charge >= 0.3 is 0 Å². The summed E-state index contributed by atoms with van der Waals surface area (Å²) in [5.74, 6) is 0.183. The highest BCUT2D eigenvalue weighted by Gasteiger charge is 2.60. The lowest BCUT2D eigenvalue weighted by Gasteiger charge is -2.54. The molecule has 0 atom stereocenters. The quantitative estimate of drug-likeness (QED) is 0.783. The molecule has 2 fully saturated rings. The smallest absolute Gasteiger partial charge is 0.253 e. The molecule has 18 heavy (non-hydrogen) atoms. The highest BCUT2D eigenvalue weighted by Crippen LogP contribution is 2.42. The van der Waals surface area contributed by atoms with Crippen molar-refractivity contribution >= 4 is 31.7 Å². The van der Waals surface area contributed by atoms with Gasteiger partial charge in [-0.25, -0.2) is 8.42 Å². The van der Waals surface area contributed by atoms with E-state index in [2.05, 4.69) is 15.9 Å². The fourth-order valence-electron chi connectivity index (χ4n) is 2.48. The summed E-state index contributed by atoms with van der Waals surface area (Å²) in [4.78, 5) is 13.7. The predicted octanol–water partition coefficient (Wildman–Crippen LogP) is 1.46. The minimum atomic E-state index is -2.94. The van der Waals surface area contributed by atoms with Gasteiger partial charge < -0.3 is 4.90 Å². The lowest BCUT2D eigenvalue weighted by molar-refractivity contribution is 0.0520. The van der Waals surface area contributed by atoms with Crippen LogP contribution in [0.25, 0.3) is 0 Å². The number of nitrogens with zero attached hydrogens (tertiary/aromatic N) is 1. The number of halogens is 1. The Balaban J connectivity index is 1.72. The first kappa shape index (κ1) is 12.2. The van der Waals surface area contributed by atoms with Crippen LogP contribution in [0, 0.1) is 0 Å². The average molecular weight is 330 g/mol. The number of amides is 1. The van der Waals surface area contributed by atoms with Crippen LogP contribution in [0.2, 0.25) is 0 Å². The molecule has 0 unspecified atom stereocenters. The van der Waals surface area contributed by atoms with Crippen molar-refractivity contribution in [2.45, 2.75) is 11.2 Å². The molecule has 2 aliphatic rings. The third-order valence-corrected chi connectivity index (χ3v) is 6.87. The Morgan fingerprint density at radius 3 is 2.28 bits per heavy atom. The number of benzene rings is 1. The molecule has 0 radical (unpaired) electrons. The van der Waals surface area contributed by atoms with Gasteiger partial charge in [0.05, 0.1) is 5.75 Å². The summed E-state index contributed by atoms with van der Waals surface area (Å²) in [6.07, 6.45) is 0.694. The lowest BCUT2D eigenvalue weighted by atomic mass is 9.94. The van der Waals surface area contributed by atoms with Gasteiger partial charge in [0.25, 0.3) is 5.91 Å². The molecule has 3 rings (SSSR count). The van der Waals surface area contributed by atoms with Gasteiger partial charge in [0, 0.05) is 23.1 Å². The van der Waals surface area contributed by atoms with E-state index in [9.17, 15) is 13.2 Å². The molecular formula is C12H12BrNO3S. The van der Waals surface area contributed by atoms with Crippen LogP contribution in [-0.2, 0) is 9.84 Å². The Morgan fingerprint density at radius 2 is 1.83 bits per heavy atom. The topological polar surface area (TPSA) is 54.5 Å². The van der Waals surface area contributed by atoms with Crippen molar-refractivity contribution in [1.29, 1.82) is 0 Å². The second-order valence-electron chi connectivity index (χ2n) is 4.92. The normalized spacial score (nSPS) is 23.3. The van der Waals surface area contributed by atoms with Crippen molar-refractivity contribution in [3.8, 4) is 0 Å². The maximum atomic E-state index is 12.1. The molecule has 1 aromatic rings. The van der Waals surface area contributed by atoms with Gasteiger partial charge in [-0.2, -0.15) is 0 Å². The minimum absolute atomic E-state index is 0.0878. The van der Waals surface area contributed by atoms with E-state index in [0.717, 1.165) is 4.47 Å². The summed E-state index contributed by atoms with van der Waals surface area (Å²) in [6, 6.07) is 7.10. The summed E-state index contributed by atoms with van der Waals surface area (Å²) in [7, 11) is -2.94. The molecule has 6 heteroatoms. The third-order valence-electron chi connectivity index (χ3n) is 3.82. The van der Waals surface area contributed by atoms with Crippen LogP contribution in [0.1, 0.15) is 16.8 Å². The molecular weight excluding hydrogens is 318 g/mol. The first-order valence-corrected chi connectivity index (χ1v) is 8.15. The van der Waals surface area contributed by atoms with Gasteiger partial charge in [-0.05, 0) is 30.7 Å². The van der Waals surface area contributed by atoms with E-state index in [1.807, 2.05) is 12.1 Å². The summed E-state index contributed by atoms with van der Waals surface area (Å²) < 4.78 is 23.6. The van der Waals surface area contributed by atoms with Gasteiger partial charge in [0.2, 0.25) is 0 Å². The summed E-state index contributed by atoms with van der Waals surface area (Å²) in [5, 5.41) is 0. The number of hydrogen-bond donors (Lipinski definition) is 0. The maximum absolute atomic E-state index is 12.1. The molecule has 0 saturated carbocycles. The van der Waals surface area contributed by atoms with Crippen molar-refractivity contribution in [3.63, 3.8) is 0 Å². The van der Waals surface area contributed by atoms with Crippen molar-refractivity contribution in [2.24, 2.45) is 0 Å². The van der Waals surface area contributed by atoms with Gasteiger partial charge in [0.1, 0.15) is 4.75 Å². The van der Waals surface area contributed by atoms with Crippen molar-refractivity contribution in [2.75, 3.05) is 18.8 Å². The fraction of sp³-hybridized carbons (Fsp3) is 0.417. The Bertz CT molecular complexity index is 603. The number of sulfone groups is 1. The maximum Gasteiger partial charge on any atom is 0.253 e. The standard InChI is InChI=1S/C12H12BrNO3S/c13-10-3-1-9(2-4-10)11(15)14-7-12(8-14)5-6-18(12,16)17/h1-4H,5-8H2. The molecule has 2 saturated heterocycles. The number of carbonyl (C=O) groups is 1. The summed E-state index contributed by atoms with van der Waals surface area (Å²) >= 11 is 3.31. The van der Waals surface area contributed by atoms with Crippen LogP contribution in [0.5, 0.6) is 0 Å². The van der Waals surface area contributed by atoms with E-state index in [1.54, 1.807) is 17.0 Å². The molecule has 0 aromatic heterocycles. The largest absolute Gasteiger partial charge is 0.335 e. The van der Waals surface area contributed by atoms with Gasteiger partial charge in [-0.1, -0.05) is 15.9 Å². The Labute approximate surface area is 114 Å². The molecule has 4 nitrogen and oxygen atoms in total. The van der Waals surface area contributed by atoms with Crippen molar-refractivity contribution < 1.29 is 13.2 Å². The highest BCUT2D eigenvalue weighted by molar-refractivity contribution is 9.10. The Morgan fingerprint density at radius 1 is 1.22 bits per heavy atom. The fourth-order valence-corrected chi connectivity index (χ4v) is 4.56. The number of rotatable bonds is 1. The van der Waals surface area contributed by atoms with Gasteiger partial charge in [0.15, 0.2) is 9.84 Å². The number of carbonyl (C=O) groups excluding carboxylic acids is 1. The van der Waals surface area contributed by atoms with E-state index in [-0.39, 0.29) is 11.7 Å². The van der Waals surface area contributed by atoms with E-state index < -0.39 is 14.6 Å². The Hall–Kier alpha value is -0.880. The van der Waals surface area contributed by atoms with Crippen LogP contribution in [0.3, 0.4) is 0 Å². The Kier molecular flexibility index (Phi) is 2.57. The van der Waals surface area contributed by atoms with Gasteiger partial charge in [-0.15, -0.1) is 0 Å². The molecule has 96 valence electrons. The van der Waals surface area contributed by atoms with E-state index in [0.29, 0.717) is 25.1 Å². The summed E-state index contributed by atoms with van der Waals surface area (Å²) in [5.41, 5.74) is 0.602. The van der Waals surface area contributed by atoms with E-state index >= 15 is 0 Å². The van der Waals surface area contributed by atoms with Crippen molar-refractivity contribution in [1.82, 2.24) is 4.90 Å². The first-order valence-electron chi connectivity index (χ1n) is 5.71. The van der Waals surface area contributed by atoms with Gasteiger partial charge in [-0.3, -0.25) is 4.79 Å². The van der Waals surface area contributed by atoms with Crippen LogP contribution < -0.4 is 0 Å². The summed E-state index contributed by atoms with van der Waals surface area (Å²) in [6.45, 7) is 0.703. The molecule has 2 heterocycles. The zero-order valence-corrected chi connectivity index (χ0v) is 12.0. The van der Waals surface area contributed by atoms with Crippen LogP contribution in [-0.4, -0.2) is 42.8 Å². The third kappa shape index (κ3) is 1.62. The van der Waals surface area contributed by atoms with E-state index in [1.165, 1.54) is 0 Å². The van der Waals surface area contributed by atoms with E-state index in [4.69, 9.17) is 0 Å². The second kappa shape index (κ2) is 3.81. The number of likely N-dealkylation sites (tertiary alicyclic amines) is 1. The van der Waals surface area contributed by atoms with Crippen LogP contribution in [0.4, 0.5) is 0 Å². The molecule has 0 aliphatic carbocycles. The zero-order chi connectivity index (χ0) is 13.0. The highest BCUT2D eigenvalue weighted by atomic mass is 79.9. The SMILES string of the molecule is O=C(c1ccc(Br)cc1)N1CC2(CCS2(=O)=O)C1. The molecule has 0 bridgehead atoms. The lowest BCUT2D eigenvalue weighted by Crippen LogP contribution is -2.72. The molecule has 1 aromatic carbocycles. The minimum Gasteiger partial charge on any atom is -0.335 e. The van der Waals surface area contributed by atoms with Crippen molar-refractivity contribution in [3.05, 3.63) is 34.3 Å². The number of hydrogen-bond acceptors (Lipinski definition) is 3. The first-order chi connectivity index (χ1) is 8.44. The zero-order valence-electron chi connectivity index (χ0n) is 9.60. The average Bonchev–Trinajstić information content (AvgIpc) is 2.26. The predicted molar refractivity (Wildman–Crippen MR) is 71.2 cm³/mol. The molecule has 2 aliphatic heterocycles. The second-order valence-corrected chi connectivity index (χ2v) is 8.34. The molecule has 1 spiro atoms. The van der Waals surface area contributed by atoms with Crippen LogP contribution in [0.15, 0.2) is 28.7 Å².